The van der Waals surface area contributed by atoms with Gasteiger partial charge in [-0.05, 0) is 50.5 Å². The fraction of sp³-hybridized carbons (Fsp3) is 0.600. The first-order valence-corrected chi connectivity index (χ1v) is 8.01. The molecule has 2 heterocycles. The normalized spacial score (nSPS) is 29.3. The maximum atomic E-state index is 4.51. The first-order chi connectivity index (χ1) is 9.22. The molecule has 0 aliphatic heterocycles. The summed E-state index contributed by atoms with van der Waals surface area (Å²) in [6, 6.07) is 0.636. The molecule has 2 aliphatic rings. The van der Waals surface area contributed by atoms with Crippen molar-refractivity contribution < 1.29 is 0 Å². The molecular formula is C15H19N3S. The second-order valence-corrected chi connectivity index (χ2v) is 7.31. The van der Waals surface area contributed by atoms with Crippen molar-refractivity contribution in [1.29, 1.82) is 0 Å². The topological polar surface area (TPSA) is 37.8 Å². The monoisotopic (exact) mass is 273 g/mol. The molecule has 0 amide bonds. The molecule has 2 bridgehead atoms. The van der Waals surface area contributed by atoms with Gasteiger partial charge in [-0.25, -0.2) is 9.97 Å². The SMILES string of the molecule is Cc1sc2ncnc(NC3CC4CCC3C4)c2c1C. The second-order valence-electron chi connectivity index (χ2n) is 6.11. The fourth-order valence-electron chi connectivity index (χ4n) is 3.89. The Bertz CT molecular complexity index is 634. The molecule has 0 aromatic carbocycles. The van der Waals surface area contributed by atoms with Crippen LogP contribution in [0.5, 0.6) is 0 Å². The summed E-state index contributed by atoms with van der Waals surface area (Å²) in [7, 11) is 0. The third-order valence-corrected chi connectivity index (χ3v) is 6.14. The van der Waals surface area contributed by atoms with E-state index in [1.54, 1.807) is 17.7 Å². The highest BCUT2D eigenvalue weighted by Crippen LogP contribution is 2.46. The summed E-state index contributed by atoms with van der Waals surface area (Å²) in [6.07, 6.45) is 7.30. The summed E-state index contributed by atoms with van der Waals surface area (Å²) in [5, 5.41) is 4.97. The smallest absolute Gasteiger partial charge is 0.138 e. The largest absolute Gasteiger partial charge is 0.366 e. The van der Waals surface area contributed by atoms with E-state index in [1.807, 2.05) is 0 Å². The quantitative estimate of drug-likeness (QED) is 0.901. The van der Waals surface area contributed by atoms with Crippen LogP contribution >= 0.6 is 11.3 Å². The summed E-state index contributed by atoms with van der Waals surface area (Å²) in [6.45, 7) is 4.35. The highest BCUT2D eigenvalue weighted by Gasteiger charge is 2.39. The van der Waals surface area contributed by atoms with Crippen LogP contribution in [0.25, 0.3) is 10.2 Å². The van der Waals surface area contributed by atoms with Gasteiger partial charge in [-0.15, -0.1) is 11.3 Å². The minimum absolute atomic E-state index is 0.636. The highest BCUT2D eigenvalue weighted by molar-refractivity contribution is 7.18. The van der Waals surface area contributed by atoms with Gasteiger partial charge in [0.1, 0.15) is 17.0 Å². The van der Waals surface area contributed by atoms with Crippen molar-refractivity contribution in [3.63, 3.8) is 0 Å². The predicted molar refractivity (Wildman–Crippen MR) is 79.7 cm³/mol. The number of thiophene rings is 1. The Morgan fingerprint density at radius 2 is 2.11 bits per heavy atom. The lowest BCUT2D eigenvalue weighted by Crippen LogP contribution is -2.26. The molecule has 0 radical (unpaired) electrons. The highest BCUT2D eigenvalue weighted by atomic mass is 32.1. The Balaban J connectivity index is 1.71. The van der Waals surface area contributed by atoms with Crippen molar-refractivity contribution in [2.75, 3.05) is 5.32 Å². The molecule has 3 nitrogen and oxygen atoms in total. The van der Waals surface area contributed by atoms with Crippen molar-refractivity contribution in [2.24, 2.45) is 11.8 Å². The maximum Gasteiger partial charge on any atom is 0.138 e. The number of nitrogens with one attached hydrogen (secondary N) is 1. The van der Waals surface area contributed by atoms with E-state index in [4.69, 9.17) is 0 Å². The van der Waals surface area contributed by atoms with E-state index >= 15 is 0 Å². The van der Waals surface area contributed by atoms with Crippen molar-refractivity contribution in [3.05, 3.63) is 16.8 Å². The van der Waals surface area contributed by atoms with Gasteiger partial charge in [0.2, 0.25) is 0 Å². The van der Waals surface area contributed by atoms with E-state index in [-0.39, 0.29) is 0 Å². The standard InChI is InChI=1S/C15H19N3S/c1-8-9(2)19-15-13(8)14(16-7-17-15)18-12-6-10-3-4-11(12)5-10/h7,10-12H,3-6H2,1-2H3,(H,16,17,18). The van der Waals surface area contributed by atoms with Gasteiger partial charge in [0.15, 0.2) is 0 Å². The van der Waals surface area contributed by atoms with Gasteiger partial charge in [0.05, 0.1) is 5.39 Å². The lowest BCUT2D eigenvalue weighted by atomic mass is 9.95. The number of hydrogen-bond acceptors (Lipinski definition) is 4. The zero-order valence-corrected chi connectivity index (χ0v) is 12.3. The molecule has 2 aliphatic carbocycles. The molecule has 100 valence electrons. The predicted octanol–water partition coefficient (Wildman–Crippen LogP) is 3.91. The number of hydrogen-bond donors (Lipinski definition) is 1. The van der Waals surface area contributed by atoms with Crippen molar-refractivity contribution in [2.45, 2.75) is 45.6 Å². The average molecular weight is 273 g/mol. The number of rotatable bonds is 2. The first kappa shape index (κ1) is 11.6. The summed E-state index contributed by atoms with van der Waals surface area (Å²) < 4.78 is 0. The minimum atomic E-state index is 0.636. The van der Waals surface area contributed by atoms with Crippen molar-refractivity contribution in [3.8, 4) is 0 Å². The van der Waals surface area contributed by atoms with Gasteiger partial charge in [0.25, 0.3) is 0 Å². The molecule has 2 fully saturated rings. The number of aryl methyl sites for hydroxylation is 2. The number of fused-ring (bicyclic) bond motifs is 3. The van der Waals surface area contributed by atoms with Gasteiger partial charge >= 0.3 is 0 Å². The molecule has 0 spiro atoms. The van der Waals surface area contributed by atoms with Crippen LogP contribution in [0.3, 0.4) is 0 Å². The van der Waals surface area contributed by atoms with Crippen molar-refractivity contribution in [1.82, 2.24) is 9.97 Å². The van der Waals surface area contributed by atoms with E-state index < -0.39 is 0 Å². The van der Waals surface area contributed by atoms with Gasteiger partial charge in [-0.2, -0.15) is 0 Å². The Labute approximate surface area is 117 Å². The second kappa shape index (κ2) is 4.17. The van der Waals surface area contributed by atoms with Crippen LogP contribution in [0.2, 0.25) is 0 Å². The molecule has 3 atom stereocenters. The summed E-state index contributed by atoms with van der Waals surface area (Å²) in [5.74, 6) is 2.89. The van der Waals surface area contributed by atoms with Crippen molar-refractivity contribution >= 4 is 27.4 Å². The van der Waals surface area contributed by atoms with E-state index in [0.717, 1.165) is 22.5 Å². The van der Waals surface area contributed by atoms with Gasteiger partial charge < -0.3 is 5.32 Å². The number of aromatic nitrogens is 2. The van der Waals surface area contributed by atoms with E-state index in [2.05, 4.69) is 29.1 Å². The van der Waals surface area contributed by atoms with Gasteiger partial charge in [-0.3, -0.25) is 0 Å². The third-order valence-electron chi connectivity index (χ3n) is 5.03. The Morgan fingerprint density at radius 3 is 2.84 bits per heavy atom. The number of anilines is 1. The van der Waals surface area contributed by atoms with Crippen LogP contribution in [-0.4, -0.2) is 16.0 Å². The van der Waals surface area contributed by atoms with Crippen LogP contribution < -0.4 is 5.32 Å². The van der Waals surface area contributed by atoms with Gasteiger partial charge in [-0.1, -0.05) is 6.42 Å². The van der Waals surface area contributed by atoms with E-state index in [9.17, 15) is 0 Å². The molecule has 0 saturated heterocycles. The Morgan fingerprint density at radius 1 is 1.21 bits per heavy atom. The molecule has 2 saturated carbocycles. The zero-order valence-electron chi connectivity index (χ0n) is 11.4. The molecule has 4 rings (SSSR count). The van der Waals surface area contributed by atoms with Crippen LogP contribution in [0, 0.1) is 25.7 Å². The van der Waals surface area contributed by atoms with Crippen LogP contribution in [0.15, 0.2) is 6.33 Å². The summed E-state index contributed by atoms with van der Waals surface area (Å²) in [5.41, 5.74) is 1.34. The summed E-state index contributed by atoms with van der Waals surface area (Å²) >= 11 is 1.78. The molecule has 2 aromatic heterocycles. The molecule has 19 heavy (non-hydrogen) atoms. The lowest BCUT2D eigenvalue weighted by Gasteiger charge is -2.23. The van der Waals surface area contributed by atoms with Gasteiger partial charge in [0, 0.05) is 10.9 Å². The Hall–Kier alpha value is -1.16. The average Bonchev–Trinajstić information content (AvgIpc) is 3.06. The maximum absolute atomic E-state index is 4.51. The summed E-state index contributed by atoms with van der Waals surface area (Å²) in [4.78, 5) is 11.4. The molecule has 3 unspecified atom stereocenters. The molecular weight excluding hydrogens is 254 g/mol. The van der Waals surface area contributed by atoms with E-state index in [0.29, 0.717) is 6.04 Å². The van der Waals surface area contributed by atoms with Crippen LogP contribution in [0.1, 0.15) is 36.1 Å². The van der Waals surface area contributed by atoms with Crippen LogP contribution in [-0.2, 0) is 0 Å². The molecule has 4 heteroatoms. The van der Waals surface area contributed by atoms with E-state index in [1.165, 1.54) is 41.5 Å². The Kier molecular flexibility index (Phi) is 2.56. The van der Waals surface area contributed by atoms with Crippen LogP contribution in [0.4, 0.5) is 5.82 Å². The minimum Gasteiger partial charge on any atom is -0.366 e. The first-order valence-electron chi connectivity index (χ1n) is 7.19. The fourth-order valence-corrected chi connectivity index (χ4v) is 4.89. The number of nitrogens with zero attached hydrogens (tertiary/aromatic N) is 2. The zero-order chi connectivity index (χ0) is 13.0. The third kappa shape index (κ3) is 1.76. The lowest BCUT2D eigenvalue weighted by molar-refractivity contribution is 0.439. The molecule has 2 aromatic rings. The molecule has 1 N–H and O–H groups in total.